The molecule has 1 fully saturated rings. The summed E-state index contributed by atoms with van der Waals surface area (Å²) < 4.78 is 6.72. The molecule has 1 unspecified atom stereocenters. The lowest BCUT2D eigenvalue weighted by molar-refractivity contribution is -0.158. The van der Waals surface area contributed by atoms with E-state index in [1.165, 1.54) is 19.3 Å². The lowest BCUT2D eigenvalue weighted by atomic mass is 9.96. The van der Waals surface area contributed by atoms with Gasteiger partial charge in [0.2, 0.25) is 0 Å². The van der Waals surface area contributed by atoms with Crippen LogP contribution in [0.1, 0.15) is 50.8 Å². The lowest BCUT2D eigenvalue weighted by Gasteiger charge is -2.21. The molecule has 0 spiro atoms. The van der Waals surface area contributed by atoms with Crippen LogP contribution < -0.4 is 0 Å². The Morgan fingerprint density at radius 1 is 1.43 bits per heavy atom. The number of aromatic nitrogens is 2. The Labute approximate surface area is 124 Å². The van der Waals surface area contributed by atoms with Gasteiger partial charge < -0.3 is 9.84 Å². The first-order valence-electron chi connectivity index (χ1n) is 7.55. The monoisotopic (exact) mass is 294 g/mol. The van der Waals surface area contributed by atoms with Gasteiger partial charge in [0.05, 0.1) is 18.3 Å². The predicted octanol–water partition coefficient (Wildman–Crippen LogP) is 2.19. The van der Waals surface area contributed by atoms with Crippen molar-refractivity contribution in [2.24, 2.45) is 5.92 Å². The van der Waals surface area contributed by atoms with E-state index in [4.69, 9.17) is 9.84 Å². The van der Waals surface area contributed by atoms with Crippen molar-refractivity contribution >= 4 is 11.9 Å². The number of esters is 1. The van der Waals surface area contributed by atoms with E-state index in [0.29, 0.717) is 11.7 Å². The van der Waals surface area contributed by atoms with E-state index in [-0.39, 0.29) is 13.0 Å². The number of carbonyl (C=O) groups excluding carboxylic acids is 1. The minimum Gasteiger partial charge on any atom is -0.481 e. The van der Waals surface area contributed by atoms with Crippen LogP contribution in [0, 0.1) is 5.92 Å². The summed E-state index contributed by atoms with van der Waals surface area (Å²) in [6.07, 6.45) is 7.88. The first-order valence-corrected chi connectivity index (χ1v) is 7.55. The molecule has 1 aliphatic carbocycles. The highest BCUT2D eigenvalue weighted by Crippen LogP contribution is 2.27. The van der Waals surface area contributed by atoms with Gasteiger partial charge in [0.25, 0.3) is 0 Å². The number of rotatable bonds is 6. The molecular formula is C15H22N2O4. The highest BCUT2D eigenvalue weighted by molar-refractivity contribution is 5.94. The minimum atomic E-state index is -1.18. The molecule has 1 aromatic heterocycles. The minimum absolute atomic E-state index is 0.0773. The molecule has 1 saturated carbocycles. The summed E-state index contributed by atoms with van der Waals surface area (Å²) in [5, 5.41) is 13.6. The molecule has 1 N–H and O–H groups in total. The highest BCUT2D eigenvalue weighted by atomic mass is 16.5. The number of carboxylic acids is 1. The summed E-state index contributed by atoms with van der Waals surface area (Å²) in [6, 6.07) is 2.20. The smallest absolute Gasteiger partial charge is 0.320 e. The molecule has 1 aliphatic rings. The van der Waals surface area contributed by atoms with Gasteiger partial charge in [0.1, 0.15) is 0 Å². The largest absolute Gasteiger partial charge is 0.481 e. The number of hydrogen-bond donors (Lipinski definition) is 1. The quantitative estimate of drug-likeness (QED) is 0.642. The Balaban J connectivity index is 2.02. The van der Waals surface area contributed by atoms with Crippen LogP contribution in [-0.2, 0) is 20.7 Å². The summed E-state index contributed by atoms with van der Waals surface area (Å²) in [7, 11) is 0. The van der Waals surface area contributed by atoms with Gasteiger partial charge in [-0.05, 0) is 25.8 Å². The summed E-state index contributed by atoms with van der Waals surface area (Å²) >= 11 is 0. The van der Waals surface area contributed by atoms with Gasteiger partial charge in [0, 0.05) is 12.6 Å². The predicted molar refractivity (Wildman–Crippen MR) is 75.8 cm³/mol. The fourth-order valence-corrected chi connectivity index (χ4v) is 2.76. The fraction of sp³-hybridized carbons (Fsp3) is 0.667. The average molecular weight is 294 g/mol. The Morgan fingerprint density at radius 2 is 2.14 bits per heavy atom. The molecule has 1 heterocycles. The van der Waals surface area contributed by atoms with Crippen LogP contribution in [0.4, 0.5) is 0 Å². The second-order valence-electron chi connectivity index (χ2n) is 5.43. The molecule has 0 aliphatic heterocycles. The van der Waals surface area contributed by atoms with E-state index in [9.17, 15) is 9.59 Å². The third-order valence-electron chi connectivity index (χ3n) is 3.89. The van der Waals surface area contributed by atoms with Crippen LogP contribution in [-0.4, -0.2) is 33.4 Å². The molecule has 1 atom stereocenters. The summed E-state index contributed by atoms with van der Waals surface area (Å²) in [6.45, 7) is 1.84. The molecule has 6 nitrogen and oxygen atoms in total. The maximum Gasteiger partial charge on any atom is 0.320 e. The van der Waals surface area contributed by atoms with Gasteiger partial charge in [-0.2, -0.15) is 5.10 Å². The molecule has 1 aromatic rings. The van der Waals surface area contributed by atoms with Crippen molar-refractivity contribution in [3.05, 3.63) is 18.0 Å². The normalized spacial score (nSPS) is 17.4. The molecule has 0 radical (unpaired) electrons. The first kappa shape index (κ1) is 15.5. The van der Waals surface area contributed by atoms with Crippen molar-refractivity contribution in [2.75, 3.05) is 6.61 Å². The topological polar surface area (TPSA) is 81.4 Å². The van der Waals surface area contributed by atoms with Crippen LogP contribution in [0.5, 0.6) is 0 Å². The molecule has 0 saturated heterocycles. The second kappa shape index (κ2) is 7.24. The fourth-order valence-electron chi connectivity index (χ4n) is 2.76. The zero-order valence-electron chi connectivity index (χ0n) is 12.3. The Morgan fingerprint density at radius 3 is 2.76 bits per heavy atom. The number of aliphatic carboxylic acids is 1. The molecule has 0 aromatic carbocycles. The lowest BCUT2D eigenvalue weighted by Crippen LogP contribution is -2.28. The number of ether oxygens (including phenoxy) is 1. The number of carboxylic acid groups (broad SMARTS) is 1. The van der Waals surface area contributed by atoms with E-state index in [2.05, 4.69) is 5.10 Å². The van der Waals surface area contributed by atoms with Gasteiger partial charge >= 0.3 is 11.9 Å². The van der Waals surface area contributed by atoms with Crippen molar-refractivity contribution in [3.8, 4) is 0 Å². The SMILES string of the molecule is CCOC(=O)C(Cc1ccn(C2CCCCC2)n1)C(=O)O. The third-order valence-corrected chi connectivity index (χ3v) is 3.89. The number of hydrogen-bond acceptors (Lipinski definition) is 4. The van der Waals surface area contributed by atoms with Crippen molar-refractivity contribution < 1.29 is 19.4 Å². The van der Waals surface area contributed by atoms with Crippen LogP contribution >= 0.6 is 0 Å². The zero-order valence-corrected chi connectivity index (χ0v) is 12.3. The maximum absolute atomic E-state index is 11.7. The van der Waals surface area contributed by atoms with Crippen LogP contribution in [0.3, 0.4) is 0 Å². The molecule has 0 bridgehead atoms. The second-order valence-corrected chi connectivity index (χ2v) is 5.43. The molecule has 6 heteroatoms. The van der Waals surface area contributed by atoms with Gasteiger partial charge in [-0.1, -0.05) is 19.3 Å². The van der Waals surface area contributed by atoms with Crippen molar-refractivity contribution in [1.82, 2.24) is 9.78 Å². The highest BCUT2D eigenvalue weighted by Gasteiger charge is 2.29. The first-order chi connectivity index (χ1) is 10.1. The molecule has 2 rings (SSSR count). The summed E-state index contributed by atoms with van der Waals surface area (Å²) in [4.78, 5) is 22.9. The van der Waals surface area contributed by atoms with Crippen LogP contribution in [0.15, 0.2) is 12.3 Å². The Kier molecular flexibility index (Phi) is 5.36. The van der Waals surface area contributed by atoms with Crippen molar-refractivity contribution in [1.29, 1.82) is 0 Å². The molecule has 0 amide bonds. The standard InChI is InChI=1S/C15H22N2O4/c1-2-21-15(20)13(14(18)19)10-11-8-9-17(16-11)12-6-4-3-5-7-12/h8-9,12-13H,2-7,10H2,1H3,(H,18,19). The number of carbonyl (C=O) groups is 2. The van der Waals surface area contributed by atoms with Gasteiger partial charge in [-0.25, -0.2) is 0 Å². The number of nitrogens with zero attached hydrogens (tertiary/aromatic N) is 2. The van der Waals surface area contributed by atoms with Gasteiger partial charge in [0.15, 0.2) is 5.92 Å². The maximum atomic E-state index is 11.7. The van der Waals surface area contributed by atoms with E-state index in [1.54, 1.807) is 13.0 Å². The average Bonchev–Trinajstić information content (AvgIpc) is 2.94. The van der Waals surface area contributed by atoms with E-state index in [1.807, 2.05) is 10.9 Å². The summed E-state index contributed by atoms with van der Waals surface area (Å²) in [5.74, 6) is -3.04. The molecule has 116 valence electrons. The Bertz CT molecular complexity index is 492. The summed E-state index contributed by atoms with van der Waals surface area (Å²) in [5.41, 5.74) is 0.626. The van der Waals surface area contributed by atoms with Crippen LogP contribution in [0.25, 0.3) is 0 Å². The molecule has 21 heavy (non-hydrogen) atoms. The van der Waals surface area contributed by atoms with E-state index >= 15 is 0 Å². The van der Waals surface area contributed by atoms with Gasteiger partial charge in [-0.3, -0.25) is 14.3 Å². The van der Waals surface area contributed by atoms with Crippen molar-refractivity contribution in [2.45, 2.75) is 51.5 Å². The van der Waals surface area contributed by atoms with E-state index < -0.39 is 17.9 Å². The van der Waals surface area contributed by atoms with Crippen molar-refractivity contribution in [3.63, 3.8) is 0 Å². The van der Waals surface area contributed by atoms with Gasteiger partial charge in [-0.15, -0.1) is 0 Å². The molecular weight excluding hydrogens is 272 g/mol. The third kappa shape index (κ3) is 4.06. The Hall–Kier alpha value is -1.85. The van der Waals surface area contributed by atoms with E-state index in [0.717, 1.165) is 12.8 Å². The van der Waals surface area contributed by atoms with Crippen LogP contribution in [0.2, 0.25) is 0 Å². The zero-order chi connectivity index (χ0) is 15.2.